The molecule has 2 aliphatic heterocycles. The molecule has 30 heavy (non-hydrogen) atoms. The molecule has 0 fully saturated rings. The van der Waals surface area contributed by atoms with Crippen molar-refractivity contribution < 1.29 is 23.9 Å². The first kappa shape index (κ1) is 21.5. The van der Waals surface area contributed by atoms with E-state index in [0.29, 0.717) is 28.3 Å². The van der Waals surface area contributed by atoms with E-state index in [-0.39, 0.29) is 30.9 Å². The fraction of sp³-hybridized carbons (Fsp3) is 0.476. The number of carbonyl (C=O) groups excluding carboxylic acids is 3. The lowest BCUT2D eigenvalue weighted by molar-refractivity contribution is -0.132. The standard InChI is InChI=1S/C21H28N4O5/c1-21(2,3)23-15(26)11-25-10-13-16(19(25)27)17(22-20(28)24(13)4)12-8-7-9-14(29-5)18(12)30-6/h7-9,17H,10-11H2,1-6H3,(H,22,28)(H,23,26). The Balaban J connectivity index is 1.96. The van der Waals surface area contributed by atoms with Crippen LogP contribution in [-0.4, -0.2) is 67.5 Å². The second kappa shape index (κ2) is 7.89. The minimum atomic E-state index is -0.711. The summed E-state index contributed by atoms with van der Waals surface area (Å²) in [6.45, 7) is 5.72. The lowest BCUT2D eigenvalue weighted by atomic mass is 9.94. The van der Waals surface area contributed by atoms with Gasteiger partial charge in [-0.25, -0.2) is 4.79 Å². The summed E-state index contributed by atoms with van der Waals surface area (Å²) < 4.78 is 10.9. The maximum Gasteiger partial charge on any atom is 0.322 e. The highest BCUT2D eigenvalue weighted by atomic mass is 16.5. The van der Waals surface area contributed by atoms with Crippen LogP contribution in [0.5, 0.6) is 11.5 Å². The summed E-state index contributed by atoms with van der Waals surface area (Å²) in [6.07, 6.45) is 0. The zero-order valence-corrected chi connectivity index (χ0v) is 18.2. The average Bonchev–Trinajstić information content (AvgIpc) is 2.99. The van der Waals surface area contributed by atoms with Crippen LogP contribution in [0.25, 0.3) is 0 Å². The molecule has 0 spiro atoms. The monoisotopic (exact) mass is 416 g/mol. The van der Waals surface area contributed by atoms with Crippen molar-refractivity contribution >= 4 is 17.8 Å². The Morgan fingerprint density at radius 2 is 1.93 bits per heavy atom. The minimum Gasteiger partial charge on any atom is -0.493 e. The number of amides is 4. The average molecular weight is 416 g/mol. The number of methoxy groups -OCH3 is 2. The lowest BCUT2D eigenvalue weighted by Crippen LogP contribution is -2.46. The zero-order valence-electron chi connectivity index (χ0n) is 18.2. The van der Waals surface area contributed by atoms with Crippen LogP contribution < -0.4 is 20.1 Å². The summed E-state index contributed by atoms with van der Waals surface area (Å²) in [5.74, 6) is 0.388. The van der Waals surface area contributed by atoms with Gasteiger partial charge in [-0.3, -0.25) is 14.5 Å². The van der Waals surface area contributed by atoms with Crippen molar-refractivity contribution in [3.8, 4) is 11.5 Å². The van der Waals surface area contributed by atoms with Crippen LogP contribution in [0.1, 0.15) is 32.4 Å². The predicted octanol–water partition coefficient (Wildman–Crippen LogP) is 1.41. The zero-order chi connectivity index (χ0) is 22.2. The quantitative estimate of drug-likeness (QED) is 0.756. The molecule has 2 aliphatic rings. The molecule has 9 nitrogen and oxygen atoms in total. The topological polar surface area (TPSA) is 100 Å². The molecule has 2 heterocycles. The number of nitrogens with one attached hydrogen (secondary N) is 2. The molecule has 1 unspecified atom stereocenters. The molecule has 0 saturated carbocycles. The molecule has 1 aromatic rings. The summed E-state index contributed by atoms with van der Waals surface area (Å²) in [4.78, 5) is 41.1. The predicted molar refractivity (Wildman–Crippen MR) is 110 cm³/mol. The Morgan fingerprint density at radius 3 is 2.53 bits per heavy atom. The van der Waals surface area contributed by atoms with E-state index in [4.69, 9.17) is 9.47 Å². The van der Waals surface area contributed by atoms with E-state index in [2.05, 4.69) is 10.6 Å². The molecule has 1 aromatic carbocycles. The number of ether oxygens (including phenoxy) is 2. The molecule has 4 amide bonds. The molecule has 0 saturated heterocycles. The number of hydrogen-bond donors (Lipinski definition) is 2. The Hall–Kier alpha value is -3.23. The van der Waals surface area contributed by atoms with E-state index in [1.165, 1.54) is 24.0 Å². The number of carbonyl (C=O) groups is 3. The second-order valence-electron chi connectivity index (χ2n) is 8.34. The number of rotatable bonds is 5. The van der Waals surface area contributed by atoms with Gasteiger partial charge in [-0.15, -0.1) is 0 Å². The van der Waals surface area contributed by atoms with Crippen LogP contribution in [-0.2, 0) is 9.59 Å². The van der Waals surface area contributed by atoms with Crippen LogP contribution in [0.4, 0.5) is 4.79 Å². The molecule has 3 rings (SSSR count). The van der Waals surface area contributed by atoms with E-state index >= 15 is 0 Å². The maximum absolute atomic E-state index is 13.3. The molecule has 0 bridgehead atoms. The highest BCUT2D eigenvalue weighted by Crippen LogP contribution is 2.42. The van der Waals surface area contributed by atoms with E-state index < -0.39 is 11.6 Å². The fourth-order valence-electron chi connectivity index (χ4n) is 3.75. The first-order chi connectivity index (χ1) is 14.1. The van der Waals surface area contributed by atoms with Crippen molar-refractivity contribution in [3.05, 3.63) is 35.0 Å². The number of likely N-dealkylation sites (N-methyl/N-ethyl adjacent to an activating group) is 1. The van der Waals surface area contributed by atoms with Gasteiger partial charge >= 0.3 is 6.03 Å². The minimum absolute atomic E-state index is 0.0902. The van der Waals surface area contributed by atoms with Gasteiger partial charge < -0.3 is 25.0 Å². The highest BCUT2D eigenvalue weighted by molar-refractivity contribution is 6.03. The number of urea groups is 1. The summed E-state index contributed by atoms with van der Waals surface area (Å²) in [5.41, 5.74) is 1.20. The summed E-state index contributed by atoms with van der Waals surface area (Å²) >= 11 is 0. The van der Waals surface area contributed by atoms with Crippen molar-refractivity contribution in [1.82, 2.24) is 20.4 Å². The van der Waals surface area contributed by atoms with Gasteiger partial charge in [-0.1, -0.05) is 12.1 Å². The first-order valence-electron chi connectivity index (χ1n) is 9.65. The largest absolute Gasteiger partial charge is 0.493 e. The molecule has 162 valence electrons. The smallest absolute Gasteiger partial charge is 0.322 e. The fourth-order valence-corrected chi connectivity index (χ4v) is 3.75. The summed E-state index contributed by atoms with van der Waals surface area (Å²) in [7, 11) is 4.64. The summed E-state index contributed by atoms with van der Waals surface area (Å²) in [5, 5.41) is 5.73. The molecule has 2 N–H and O–H groups in total. The molecule has 0 aliphatic carbocycles. The van der Waals surface area contributed by atoms with Gasteiger partial charge in [0.15, 0.2) is 11.5 Å². The van der Waals surface area contributed by atoms with Gasteiger partial charge in [-0.05, 0) is 26.8 Å². The van der Waals surface area contributed by atoms with Gasteiger partial charge in [0.05, 0.1) is 38.1 Å². The molecule has 0 radical (unpaired) electrons. The second-order valence-corrected chi connectivity index (χ2v) is 8.34. The van der Waals surface area contributed by atoms with Crippen molar-refractivity contribution in [1.29, 1.82) is 0 Å². The molecular formula is C21H28N4O5. The number of hydrogen-bond acceptors (Lipinski definition) is 5. The van der Waals surface area contributed by atoms with E-state index in [9.17, 15) is 14.4 Å². The number of benzene rings is 1. The third-order valence-corrected chi connectivity index (χ3v) is 5.03. The van der Waals surface area contributed by atoms with Crippen LogP contribution in [0.15, 0.2) is 29.5 Å². The Kier molecular flexibility index (Phi) is 5.65. The first-order valence-corrected chi connectivity index (χ1v) is 9.65. The van der Waals surface area contributed by atoms with E-state index in [1.54, 1.807) is 25.2 Å². The normalized spacial score (nSPS) is 18.9. The molecule has 9 heteroatoms. The van der Waals surface area contributed by atoms with Crippen molar-refractivity contribution in [2.45, 2.75) is 32.4 Å². The summed E-state index contributed by atoms with van der Waals surface area (Å²) in [6, 6.07) is 4.25. The van der Waals surface area contributed by atoms with Crippen LogP contribution in [0.2, 0.25) is 0 Å². The third-order valence-electron chi connectivity index (χ3n) is 5.03. The Morgan fingerprint density at radius 1 is 1.23 bits per heavy atom. The van der Waals surface area contributed by atoms with Crippen molar-refractivity contribution in [2.75, 3.05) is 34.4 Å². The molecular weight excluding hydrogens is 388 g/mol. The Labute approximate surface area is 176 Å². The van der Waals surface area contributed by atoms with Gasteiger partial charge in [0.2, 0.25) is 5.91 Å². The number of nitrogens with zero attached hydrogens (tertiary/aromatic N) is 2. The van der Waals surface area contributed by atoms with Gasteiger partial charge in [-0.2, -0.15) is 0 Å². The third kappa shape index (κ3) is 3.92. The molecule has 1 atom stereocenters. The lowest BCUT2D eigenvalue weighted by Gasteiger charge is -2.31. The van der Waals surface area contributed by atoms with Crippen LogP contribution in [0.3, 0.4) is 0 Å². The highest BCUT2D eigenvalue weighted by Gasteiger charge is 2.44. The van der Waals surface area contributed by atoms with Crippen molar-refractivity contribution in [3.63, 3.8) is 0 Å². The Bertz CT molecular complexity index is 918. The number of para-hydroxylation sites is 1. The van der Waals surface area contributed by atoms with Crippen LogP contribution >= 0.6 is 0 Å². The van der Waals surface area contributed by atoms with Crippen molar-refractivity contribution in [2.24, 2.45) is 0 Å². The van der Waals surface area contributed by atoms with E-state index in [0.717, 1.165) is 0 Å². The van der Waals surface area contributed by atoms with E-state index in [1.807, 2.05) is 20.8 Å². The molecule has 0 aromatic heterocycles. The SMILES string of the molecule is COc1cccc(C2NC(=O)N(C)C3=C2C(=O)N(CC(=O)NC(C)(C)C)C3)c1OC. The van der Waals surface area contributed by atoms with Gasteiger partial charge in [0, 0.05) is 18.2 Å². The van der Waals surface area contributed by atoms with Gasteiger partial charge in [0.25, 0.3) is 5.91 Å². The van der Waals surface area contributed by atoms with Gasteiger partial charge in [0.1, 0.15) is 6.54 Å². The van der Waals surface area contributed by atoms with Crippen LogP contribution in [0, 0.1) is 0 Å². The maximum atomic E-state index is 13.3.